The molecule has 0 saturated heterocycles. The van der Waals surface area contributed by atoms with Gasteiger partial charge in [-0.2, -0.15) is 0 Å². The number of likely N-dealkylation sites (N-methyl/N-ethyl adjacent to an activating group) is 1. The van der Waals surface area contributed by atoms with E-state index in [4.69, 9.17) is 11.6 Å². The van der Waals surface area contributed by atoms with Gasteiger partial charge in [-0.05, 0) is 25.0 Å². The molecule has 2 rings (SSSR count). The van der Waals surface area contributed by atoms with Crippen LogP contribution < -0.4 is 0 Å². The van der Waals surface area contributed by atoms with E-state index in [0.29, 0.717) is 17.3 Å². The summed E-state index contributed by atoms with van der Waals surface area (Å²) in [5, 5.41) is 10.8. The third kappa shape index (κ3) is 3.00. The Kier molecular flexibility index (Phi) is 3.88. The molecule has 0 bridgehead atoms. The molecule has 0 atom stereocenters. The highest BCUT2D eigenvalue weighted by molar-refractivity contribution is 6.30. The van der Waals surface area contributed by atoms with Crippen molar-refractivity contribution in [2.45, 2.75) is 31.3 Å². The number of aromatic nitrogens is 1. The van der Waals surface area contributed by atoms with Crippen LogP contribution in [0.2, 0.25) is 5.02 Å². The van der Waals surface area contributed by atoms with Crippen molar-refractivity contribution in [3.8, 4) is 0 Å². The summed E-state index contributed by atoms with van der Waals surface area (Å²) in [4.78, 5) is 17.6. The highest BCUT2D eigenvalue weighted by atomic mass is 35.5. The summed E-state index contributed by atoms with van der Waals surface area (Å²) in [5.41, 5.74) is -0.375. The van der Waals surface area contributed by atoms with E-state index >= 15 is 0 Å². The van der Waals surface area contributed by atoms with Gasteiger partial charge in [0.05, 0.1) is 10.6 Å². The highest BCUT2D eigenvalue weighted by Gasteiger charge is 2.33. The molecule has 0 aliphatic heterocycles. The van der Waals surface area contributed by atoms with Crippen LogP contribution in [0.3, 0.4) is 0 Å². The minimum absolute atomic E-state index is 0.188. The molecule has 1 aromatic rings. The van der Waals surface area contributed by atoms with E-state index in [-0.39, 0.29) is 5.91 Å². The zero-order valence-electron chi connectivity index (χ0n) is 10.4. The molecule has 1 amide bonds. The Balaban J connectivity index is 2.02. The van der Waals surface area contributed by atoms with Crippen LogP contribution in [0.25, 0.3) is 0 Å². The summed E-state index contributed by atoms with van der Waals surface area (Å²) in [6, 6.07) is 3.24. The number of nitrogens with zero attached hydrogens (tertiary/aromatic N) is 2. The SMILES string of the molecule is CN(CC1(O)CCCC1)C(=O)c1ccc(Cl)cn1. The van der Waals surface area contributed by atoms with Crippen LogP contribution in [0.4, 0.5) is 0 Å². The van der Waals surface area contributed by atoms with Crippen LogP contribution in [0.5, 0.6) is 0 Å². The van der Waals surface area contributed by atoms with Gasteiger partial charge in [-0.15, -0.1) is 0 Å². The summed E-state index contributed by atoms with van der Waals surface area (Å²) in [6.45, 7) is 0.357. The van der Waals surface area contributed by atoms with Crippen molar-refractivity contribution in [1.29, 1.82) is 0 Å². The lowest BCUT2D eigenvalue weighted by molar-refractivity contribution is 0.0155. The molecular formula is C13H17ClN2O2. The molecule has 5 heteroatoms. The molecule has 1 N–H and O–H groups in total. The molecular weight excluding hydrogens is 252 g/mol. The van der Waals surface area contributed by atoms with Gasteiger partial charge < -0.3 is 10.0 Å². The standard InChI is InChI=1S/C13H17ClN2O2/c1-16(9-13(18)6-2-3-7-13)12(17)11-5-4-10(14)8-15-11/h4-5,8,18H,2-3,6-7,9H2,1H3. The first-order chi connectivity index (χ1) is 8.50. The Morgan fingerprint density at radius 1 is 1.50 bits per heavy atom. The minimum atomic E-state index is -0.725. The average molecular weight is 269 g/mol. The number of amides is 1. The van der Waals surface area contributed by atoms with E-state index in [2.05, 4.69) is 4.98 Å². The predicted molar refractivity (Wildman–Crippen MR) is 69.6 cm³/mol. The van der Waals surface area contributed by atoms with E-state index in [9.17, 15) is 9.90 Å². The van der Waals surface area contributed by atoms with E-state index in [1.165, 1.54) is 11.1 Å². The number of halogens is 1. The zero-order chi connectivity index (χ0) is 13.2. The lowest BCUT2D eigenvalue weighted by Gasteiger charge is -2.28. The predicted octanol–water partition coefficient (Wildman–Crippen LogP) is 2.11. The molecule has 0 radical (unpaired) electrons. The molecule has 4 nitrogen and oxygen atoms in total. The summed E-state index contributed by atoms with van der Waals surface area (Å²) >= 11 is 5.73. The lowest BCUT2D eigenvalue weighted by atomic mass is 10.0. The number of hydrogen-bond acceptors (Lipinski definition) is 3. The van der Waals surface area contributed by atoms with Gasteiger partial charge in [-0.3, -0.25) is 4.79 Å². The van der Waals surface area contributed by atoms with Crippen LogP contribution in [0.15, 0.2) is 18.3 Å². The van der Waals surface area contributed by atoms with Gasteiger partial charge in [0, 0.05) is 19.8 Å². The Morgan fingerprint density at radius 3 is 2.72 bits per heavy atom. The third-order valence-electron chi connectivity index (χ3n) is 3.36. The van der Waals surface area contributed by atoms with Gasteiger partial charge in [0.1, 0.15) is 5.69 Å². The molecule has 1 aliphatic rings. The van der Waals surface area contributed by atoms with Crippen LogP contribution >= 0.6 is 11.6 Å². The Hall–Kier alpha value is -1.13. The fraction of sp³-hybridized carbons (Fsp3) is 0.538. The van der Waals surface area contributed by atoms with Crippen LogP contribution in [0, 0.1) is 0 Å². The maximum atomic E-state index is 12.1. The first-order valence-corrected chi connectivity index (χ1v) is 6.47. The fourth-order valence-corrected chi connectivity index (χ4v) is 2.51. The van der Waals surface area contributed by atoms with Crippen LogP contribution in [-0.2, 0) is 0 Å². The number of carbonyl (C=O) groups excluding carboxylic acids is 1. The van der Waals surface area contributed by atoms with E-state index in [1.54, 1.807) is 19.2 Å². The van der Waals surface area contributed by atoms with Crippen molar-refractivity contribution in [3.63, 3.8) is 0 Å². The van der Waals surface area contributed by atoms with Crippen molar-refractivity contribution >= 4 is 17.5 Å². The second kappa shape index (κ2) is 5.24. The second-order valence-corrected chi connectivity index (χ2v) is 5.39. The first kappa shape index (κ1) is 13.3. The van der Waals surface area contributed by atoms with E-state index in [1.807, 2.05) is 0 Å². The number of aliphatic hydroxyl groups is 1. The fourth-order valence-electron chi connectivity index (χ4n) is 2.40. The van der Waals surface area contributed by atoms with Gasteiger partial charge in [0.2, 0.25) is 0 Å². The van der Waals surface area contributed by atoms with Crippen molar-refractivity contribution in [2.75, 3.05) is 13.6 Å². The lowest BCUT2D eigenvalue weighted by Crippen LogP contribution is -2.42. The van der Waals surface area contributed by atoms with Gasteiger partial charge >= 0.3 is 0 Å². The average Bonchev–Trinajstić information content (AvgIpc) is 2.76. The first-order valence-electron chi connectivity index (χ1n) is 6.10. The highest BCUT2D eigenvalue weighted by Crippen LogP contribution is 2.30. The van der Waals surface area contributed by atoms with Crippen molar-refractivity contribution < 1.29 is 9.90 Å². The largest absolute Gasteiger partial charge is 0.388 e. The minimum Gasteiger partial charge on any atom is -0.388 e. The molecule has 98 valence electrons. The molecule has 0 spiro atoms. The van der Waals surface area contributed by atoms with Crippen molar-refractivity contribution in [3.05, 3.63) is 29.0 Å². The quantitative estimate of drug-likeness (QED) is 0.914. The Bertz CT molecular complexity index is 427. The van der Waals surface area contributed by atoms with Crippen molar-refractivity contribution in [1.82, 2.24) is 9.88 Å². The monoisotopic (exact) mass is 268 g/mol. The van der Waals surface area contributed by atoms with Gasteiger partial charge in [0.15, 0.2) is 0 Å². The van der Waals surface area contributed by atoms with Gasteiger partial charge in [0.25, 0.3) is 5.91 Å². The molecule has 1 aromatic heterocycles. The van der Waals surface area contributed by atoms with E-state index < -0.39 is 5.60 Å². The van der Waals surface area contributed by atoms with Gasteiger partial charge in [-0.25, -0.2) is 4.98 Å². The summed E-state index contributed by atoms with van der Waals surface area (Å²) in [6.07, 6.45) is 5.03. The van der Waals surface area contributed by atoms with Crippen LogP contribution in [0.1, 0.15) is 36.2 Å². The molecule has 18 heavy (non-hydrogen) atoms. The summed E-state index contributed by atoms with van der Waals surface area (Å²) < 4.78 is 0. The number of rotatable bonds is 3. The van der Waals surface area contributed by atoms with Crippen molar-refractivity contribution in [2.24, 2.45) is 0 Å². The molecule has 1 saturated carbocycles. The molecule has 1 heterocycles. The third-order valence-corrected chi connectivity index (χ3v) is 3.58. The topological polar surface area (TPSA) is 53.4 Å². The maximum Gasteiger partial charge on any atom is 0.272 e. The zero-order valence-corrected chi connectivity index (χ0v) is 11.2. The van der Waals surface area contributed by atoms with Gasteiger partial charge in [-0.1, -0.05) is 24.4 Å². The normalized spacial score (nSPS) is 17.7. The van der Waals surface area contributed by atoms with Crippen LogP contribution in [-0.4, -0.2) is 40.1 Å². The Labute approximate surface area is 112 Å². The maximum absolute atomic E-state index is 12.1. The smallest absolute Gasteiger partial charge is 0.272 e. The molecule has 0 unspecified atom stereocenters. The molecule has 1 fully saturated rings. The summed E-state index contributed by atoms with van der Waals surface area (Å²) in [7, 11) is 1.69. The number of hydrogen-bond donors (Lipinski definition) is 1. The second-order valence-electron chi connectivity index (χ2n) is 4.95. The van der Waals surface area contributed by atoms with E-state index in [0.717, 1.165) is 25.7 Å². The molecule has 1 aliphatic carbocycles. The number of pyridine rings is 1. The Morgan fingerprint density at radius 2 is 2.17 bits per heavy atom. The molecule has 0 aromatic carbocycles. The number of carbonyl (C=O) groups is 1. The summed E-state index contributed by atoms with van der Waals surface area (Å²) in [5.74, 6) is -0.188.